The highest BCUT2D eigenvalue weighted by molar-refractivity contribution is 5.27. The molecular formula is C13H19O. The van der Waals surface area contributed by atoms with Crippen LogP contribution >= 0.6 is 0 Å². The van der Waals surface area contributed by atoms with Crippen LogP contribution in [0.3, 0.4) is 0 Å². The first-order valence-electron chi connectivity index (χ1n) is 5.37. The fourth-order valence-corrected chi connectivity index (χ4v) is 1.51. The van der Waals surface area contributed by atoms with Crippen LogP contribution in [0.15, 0.2) is 24.3 Å². The molecule has 1 rings (SSSR count). The topological polar surface area (TPSA) is 9.23 Å². The molecule has 1 heteroatoms. The van der Waals surface area contributed by atoms with Gasteiger partial charge in [0.05, 0.1) is 0 Å². The molecular weight excluding hydrogens is 172 g/mol. The minimum absolute atomic E-state index is 0.835. The predicted octanol–water partition coefficient (Wildman–Crippen LogP) is 3.98. The molecule has 0 bridgehead atoms. The zero-order valence-electron chi connectivity index (χ0n) is 8.96. The molecule has 0 spiro atoms. The largest absolute Gasteiger partial charge is 0.490 e. The molecule has 0 N–H and O–H groups in total. The van der Waals surface area contributed by atoms with Crippen LogP contribution in [0.4, 0.5) is 0 Å². The van der Waals surface area contributed by atoms with Crippen LogP contribution in [0.2, 0.25) is 0 Å². The third-order valence-corrected chi connectivity index (χ3v) is 2.41. The maximum atomic E-state index is 4.86. The van der Waals surface area contributed by atoms with E-state index >= 15 is 0 Å². The standard InChI is InChI=1S/C13H19O/c1-3-4-5-6-7-12-8-10-13(14-2)11-9-12/h8-11H,2-7H2,1H3. The Kier molecular flexibility index (Phi) is 5.13. The van der Waals surface area contributed by atoms with E-state index in [-0.39, 0.29) is 0 Å². The SMILES string of the molecule is [CH2]Oc1ccc(CCCCCC)cc1. The summed E-state index contributed by atoms with van der Waals surface area (Å²) >= 11 is 0. The quantitative estimate of drug-likeness (QED) is 0.618. The molecule has 1 aromatic carbocycles. The maximum Gasteiger partial charge on any atom is 0.122 e. The van der Waals surface area contributed by atoms with Crippen LogP contribution in [0, 0.1) is 7.11 Å². The second kappa shape index (κ2) is 6.47. The molecule has 0 heterocycles. The van der Waals surface area contributed by atoms with Crippen molar-refractivity contribution in [2.75, 3.05) is 0 Å². The van der Waals surface area contributed by atoms with Crippen LogP contribution in [-0.4, -0.2) is 0 Å². The van der Waals surface area contributed by atoms with Gasteiger partial charge in [-0.15, -0.1) is 0 Å². The lowest BCUT2D eigenvalue weighted by atomic mass is 10.1. The summed E-state index contributed by atoms with van der Waals surface area (Å²) in [5.74, 6) is 0.835. The monoisotopic (exact) mass is 191 g/mol. The summed E-state index contributed by atoms with van der Waals surface area (Å²) < 4.78 is 4.86. The fraction of sp³-hybridized carbons (Fsp3) is 0.462. The van der Waals surface area contributed by atoms with E-state index in [9.17, 15) is 0 Å². The van der Waals surface area contributed by atoms with Crippen molar-refractivity contribution in [1.29, 1.82) is 0 Å². The van der Waals surface area contributed by atoms with Gasteiger partial charge in [-0.05, 0) is 30.5 Å². The first-order chi connectivity index (χ1) is 6.86. The average Bonchev–Trinajstić information content (AvgIpc) is 2.25. The predicted molar refractivity (Wildman–Crippen MR) is 60.3 cm³/mol. The number of unbranched alkanes of at least 4 members (excludes halogenated alkanes) is 3. The highest BCUT2D eigenvalue weighted by Crippen LogP contribution is 2.14. The molecule has 0 saturated heterocycles. The molecule has 14 heavy (non-hydrogen) atoms. The number of rotatable bonds is 6. The van der Waals surface area contributed by atoms with Crippen molar-refractivity contribution in [3.8, 4) is 5.75 Å². The molecule has 77 valence electrons. The van der Waals surface area contributed by atoms with Crippen LogP contribution in [0.1, 0.15) is 38.2 Å². The van der Waals surface area contributed by atoms with Gasteiger partial charge in [-0.3, -0.25) is 0 Å². The Morgan fingerprint density at radius 3 is 2.36 bits per heavy atom. The first-order valence-corrected chi connectivity index (χ1v) is 5.37. The van der Waals surface area contributed by atoms with E-state index in [1.54, 1.807) is 0 Å². The Balaban J connectivity index is 2.29. The Labute approximate surface area is 87.1 Å². The van der Waals surface area contributed by atoms with Gasteiger partial charge in [-0.25, -0.2) is 0 Å². The van der Waals surface area contributed by atoms with Crippen molar-refractivity contribution in [3.63, 3.8) is 0 Å². The van der Waals surface area contributed by atoms with Crippen molar-refractivity contribution < 1.29 is 4.74 Å². The summed E-state index contributed by atoms with van der Waals surface area (Å²) in [5, 5.41) is 0. The summed E-state index contributed by atoms with van der Waals surface area (Å²) in [5.41, 5.74) is 1.39. The van der Waals surface area contributed by atoms with Gasteiger partial charge in [-0.1, -0.05) is 38.3 Å². The van der Waals surface area contributed by atoms with E-state index in [0.717, 1.165) is 5.75 Å². The lowest BCUT2D eigenvalue weighted by molar-refractivity contribution is 0.472. The molecule has 0 aliphatic heterocycles. The van der Waals surface area contributed by atoms with Crippen molar-refractivity contribution in [2.45, 2.75) is 39.0 Å². The molecule has 0 atom stereocenters. The fourth-order valence-electron chi connectivity index (χ4n) is 1.51. The summed E-state index contributed by atoms with van der Waals surface area (Å²) in [6, 6.07) is 8.18. The van der Waals surface area contributed by atoms with Crippen LogP contribution < -0.4 is 4.74 Å². The van der Waals surface area contributed by atoms with Gasteiger partial charge in [0.15, 0.2) is 0 Å². The minimum Gasteiger partial charge on any atom is -0.490 e. The third-order valence-electron chi connectivity index (χ3n) is 2.41. The zero-order valence-corrected chi connectivity index (χ0v) is 8.96. The Bertz CT molecular complexity index is 238. The lowest BCUT2D eigenvalue weighted by Gasteiger charge is -2.02. The van der Waals surface area contributed by atoms with Gasteiger partial charge in [0, 0.05) is 0 Å². The van der Waals surface area contributed by atoms with Crippen LogP contribution in [0.25, 0.3) is 0 Å². The number of aryl methyl sites for hydroxylation is 1. The van der Waals surface area contributed by atoms with E-state index < -0.39 is 0 Å². The molecule has 0 saturated carbocycles. The van der Waals surface area contributed by atoms with Gasteiger partial charge < -0.3 is 4.74 Å². The number of ether oxygens (including phenoxy) is 1. The van der Waals surface area contributed by atoms with E-state index in [1.165, 1.54) is 37.7 Å². The van der Waals surface area contributed by atoms with Crippen molar-refractivity contribution in [3.05, 3.63) is 36.9 Å². The number of benzene rings is 1. The highest BCUT2D eigenvalue weighted by atomic mass is 16.5. The second-order valence-corrected chi connectivity index (χ2v) is 3.60. The van der Waals surface area contributed by atoms with Gasteiger partial charge in [0.2, 0.25) is 0 Å². The van der Waals surface area contributed by atoms with E-state index in [4.69, 9.17) is 4.74 Å². The Hall–Kier alpha value is -0.980. The first kappa shape index (κ1) is 11.1. The van der Waals surface area contributed by atoms with E-state index in [0.29, 0.717) is 0 Å². The van der Waals surface area contributed by atoms with Gasteiger partial charge in [0.25, 0.3) is 0 Å². The van der Waals surface area contributed by atoms with Crippen LogP contribution in [-0.2, 0) is 6.42 Å². The summed E-state index contributed by atoms with van der Waals surface area (Å²) in [6.07, 6.45) is 6.45. The molecule has 1 radical (unpaired) electrons. The normalized spacial score (nSPS) is 10.1. The van der Waals surface area contributed by atoms with Crippen LogP contribution in [0.5, 0.6) is 5.75 Å². The molecule has 0 aliphatic carbocycles. The van der Waals surface area contributed by atoms with E-state index in [1.807, 2.05) is 12.1 Å². The number of hydrogen-bond donors (Lipinski definition) is 0. The van der Waals surface area contributed by atoms with Crippen molar-refractivity contribution in [1.82, 2.24) is 0 Å². The van der Waals surface area contributed by atoms with Gasteiger partial charge >= 0.3 is 0 Å². The van der Waals surface area contributed by atoms with Gasteiger partial charge in [0.1, 0.15) is 12.9 Å². The smallest absolute Gasteiger partial charge is 0.122 e. The summed E-state index contributed by atoms with van der Waals surface area (Å²) in [6.45, 7) is 2.24. The molecule has 0 aliphatic rings. The molecule has 1 aromatic rings. The zero-order chi connectivity index (χ0) is 10.2. The molecule has 1 nitrogen and oxygen atoms in total. The molecule has 0 fully saturated rings. The van der Waals surface area contributed by atoms with Gasteiger partial charge in [-0.2, -0.15) is 0 Å². The Morgan fingerprint density at radius 1 is 1.07 bits per heavy atom. The Morgan fingerprint density at radius 2 is 1.79 bits per heavy atom. The molecule has 0 unspecified atom stereocenters. The summed E-state index contributed by atoms with van der Waals surface area (Å²) in [7, 11) is 3.37. The summed E-state index contributed by atoms with van der Waals surface area (Å²) in [4.78, 5) is 0. The highest BCUT2D eigenvalue weighted by Gasteiger charge is 1.94. The van der Waals surface area contributed by atoms with E-state index in [2.05, 4.69) is 26.2 Å². The third kappa shape index (κ3) is 3.82. The molecule has 0 amide bonds. The van der Waals surface area contributed by atoms with Crippen molar-refractivity contribution >= 4 is 0 Å². The average molecular weight is 191 g/mol. The molecule has 0 aromatic heterocycles. The van der Waals surface area contributed by atoms with Crippen molar-refractivity contribution in [2.24, 2.45) is 0 Å². The lowest BCUT2D eigenvalue weighted by Crippen LogP contribution is -1.86. The number of hydrogen-bond acceptors (Lipinski definition) is 1. The minimum atomic E-state index is 0.835. The maximum absolute atomic E-state index is 4.86. The second-order valence-electron chi connectivity index (χ2n) is 3.60.